The summed E-state index contributed by atoms with van der Waals surface area (Å²) in [5.74, 6) is -3.47. The second-order valence-electron chi connectivity index (χ2n) is 7.48. The van der Waals surface area contributed by atoms with Crippen LogP contribution >= 0.6 is 0 Å². The number of aromatic carboxylic acids is 1. The van der Waals surface area contributed by atoms with Crippen molar-refractivity contribution < 1.29 is 55.3 Å². The number of alkyl halides is 6. The van der Waals surface area contributed by atoms with Crippen molar-refractivity contribution in [1.82, 2.24) is 0 Å². The topological polar surface area (TPSA) is 83.8 Å². The number of carboxylic acid groups (broad SMARTS) is 1. The number of aryl methyl sites for hydroxylation is 1. The molecule has 2 N–H and O–H groups in total. The molecule has 5 nitrogen and oxygen atoms in total. The standard InChI is InChI=1S/C10H8F4O2.C9H7F3O2.C7H8O.CH4/c1-2-16-9(15)6-3-7(10(12,13)14)5-8(11)4-6;1-5-2-6(8(13)14)4-7(3-5)9(10,11)12;8-6-7-4-2-1-3-5-7;/h3-5H,2H2,1H3;2-4H,1H3,(H,13,14);1-5,8H,6H2;1H4. The highest BCUT2D eigenvalue weighted by molar-refractivity contribution is 5.89. The minimum Gasteiger partial charge on any atom is -0.478 e. The fourth-order valence-corrected chi connectivity index (χ4v) is 2.74. The van der Waals surface area contributed by atoms with Gasteiger partial charge < -0.3 is 14.9 Å². The number of esters is 1. The first-order valence-electron chi connectivity index (χ1n) is 10.7. The number of rotatable bonds is 4. The van der Waals surface area contributed by atoms with Crippen molar-refractivity contribution in [1.29, 1.82) is 0 Å². The number of ether oxygens (including phenoxy) is 1. The summed E-state index contributed by atoms with van der Waals surface area (Å²) in [6.07, 6.45) is -9.19. The molecular weight excluding hydrogens is 537 g/mol. The molecule has 0 unspecified atom stereocenters. The van der Waals surface area contributed by atoms with Gasteiger partial charge in [-0.05, 0) is 61.4 Å². The molecule has 12 heteroatoms. The van der Waals surface area contributed by atoms with Gasteiger partial charge in [0.1, 0.15) is 5.82 Å². The Bertz CT molecular complexity index is 1210. The summed E-state index contributed by atoms with van der Waals surface area (Å²) in [7, 11) is 0. The number of carboxylic acids is 1. The van der Waals surface area contributed by atoms with E-state index in [0.717, 1.165) is 11.6 Å². The Kier molecular flexibility index (Phi) is 13.9. The molecule has 0 aromatic heterocycles. The van der Waals surface area contributed by atoms with E-state index in [1.807, 2.05) is 30.3 Å². The van der Waals surface area contributed by atoms with Crippen LogP contribution in [-0.4, -0.2) is 28.8 Å². The van der Waals surface area contributed by atoms with Crippen LogP contribution in [0.5, 0.6) is 0 Å². The number of benzene rings is 3. The highest BCUT2D eigenvalue weighted by Crippen LogP contribution is 2.31. The molecule has 3 rings (SSSR count). The predicted molar refractivity (Wildman–Crippen MR) is 130 cm³/mol. The van der Waals surface area contributed by atoms with Crippen molar-refractivity contribution in [2.24, 2.45) is 0 Å². The lowest BCUT2D eigenvalue weighted by Crippen LogP contribution is -2.10. The molecule has 3 aromatic carbocycles. The maximum absolute atomic E-state index is 12.9. The van der Waals surface area contributed by atoms with Crippen LogP contribution in [0.1, 0.15) is 57.3 Å². The van der Waals surface area contributed by atoms with Gasteiger partial charge >= 0.3 is 24.3 Å². The lowest BCUT2D eigenvalue weighted by atomic mass is 10.1. The molecule has 0 saturated heterocycles. The average Bonchev–Trinajstić information content (AvgIpc) is 2.83. The highest BCUT2D eigenvalue weighted by Gasteiger charge is 2.32. The first kappa shape index (κ1) is 35.1. The SMILES string of the molecule is C.CCOC(=O)c1cc(F)cc(C(F)(F)F)c1.Cc1cc(C(=O)O)cc(C(F)(F)F)c1.OCc1ccccc1. The van der Waals surface area contributed by atoms with Crippen molar-refractivity contribution >= 4 is 11.9 Å². The number of hydrogen-bond donors (Lipinski definition) is 2. The van der Waals surface area contributed by atoms with E-state index in [0.29, 0.717) is 24.3 Å². The molecular formula is C27H27F7O5. The van der Waals surface area contributed by atoms with Crippen molar-refractivity contribution in [3.05, 3.63) is 106 Å². The van der Waals surface area contributed by atoms with Crippen LogP contribution < -0.4 is 0 Å². The lowest BCUT2D eigenvalue weighted by Gasteiger charge is -2.08. The van der Waals surface area contributed by atoms with E-state index < -0.39 is 46.8 Å². The second kappa shape index (κ2) is 15.5. The van der Waals surface area contributed by atoms with Gasteiger partial charge in [0.05, 0.1) is 35.5 Å². The Morgan fingerprint density at radius 2 is 1.33 bits per heavy atom. The summed E-state index contributed by atoms with van der Waals surface area (Å²) in [6, 6.07) is 13.8. The molecule has 39 heavy (non-hydrogen) atoms. The normalized spacial score (nSPS) is 10.6. The maximum Gasteiger partial charge on any atom is 0.416 e. The molecule has 0 atom stereocenters. The van der Waals surface area contributed by atoms with Gasteiger partial charge in [0.2, 0.25) is 0 Å². The van der Waals surface area contributed by atoms with Crippen LogP contribution in [0, 0.1) is 12.7 Å². The number of aliphatic hydroxyl groups excluding tert-OH is 1. The van der Waals surface area contributed by atoms with Gasteiger partial charge in [0.25, 0.3) is 0 Å². The smallest absolute Gasteiger partial charge is 0.416 e. The van der Waals surface area contributed by atoms with Crippen LogP contribution in [0.3, 0.4) is 0 Å². The number of hydrogen-bond acceptors (Lipinski definition) is 4. The summed E-state index contributed by atoms with van der Waals surface area (Å²) >= 11 is 0. The molecule has 0 aliphatic carbocycles. The molecule has 0 aliphatic rings. The zero-order valence-electron chi connectivity index (χ0n) is 20.0. The third-order valence-electron chi connectivity index (χ3n) is 4.41. The van der Waals surface area contributed by atoms with Crippen molar-refractivity contribution in [2.75, 3.05) is 6.61 Å². The maximum atomic E-state index is 12.9. The van der Waals surface area contributed by atoms with E-state index >= 15 is 0 Å². The molecule has 0 spiro atoms. The Hall–Kier alpha value is -3.93. The lowest BCUT2D eigenvalue weighted by molar-refractivity contribution is -0.138. The van der Waals surface area contributed by atoms with Crippen LogP contribution in [-0.2, 0) is 23.7 Å². The van der Waals surface area contributed by atoms with Gasteiger partial charge in [-0.15, -0.1) is 0 Å². The molecule has 0 radical (unpaired) electrons. The Morgan fingerprint density at radius 3 is 1.77 bits per heavy atom. The highest BCUT2D eigenvalue weighted by atomic mass is 19.4. The van der Waals surface area contributed by atoms with Gasteiger partial charge in [0, 0.05) is 0 Å². The minimum absolute atomic E-state index is 0. The van der Waals surface area contributed by atoms with Crippen LogP contribution in [0.15, 0.2) is 66.7 Å². The molecule has 0 heterocycles. The van der Waals surface area contributed by atoms with E-state index in [-0.39, 0.29) is 31.8 Å². The number of carbonyl (C=O) groups excluding carboxylic acids is 1. The molecule has 0 aliphatic heterocycles. The van der Waals surface area contributed by atoms with Gasteiger partial charge in [-0.1, -0.05) is 37.8 Å². The number of carbonyl (C=O) groups is 2. The molecule has 0 fully saturated rings. The van der Waals surface area contributed by atoms with E-state index in [4.69, 9.17) is 10.2 Å². The summed E-state index contributed by atoms with van der Waals surface area (Å²) < 4.78 is 90.8. The Balaban J connectivity index is 0.000000575. The molecule has 0 saturated carbocycles. The second-order valence-corrected chi connectivity index (χ2v) is 7.48. The zero-order valence-corrected chi connectivity index (χ0v) is 20.0. The van der Waals surface area contributed by atoms with Crippen molar-refractivity contribution in [3.8, 4) is 0 Å². The summed E-state index contributed by atoms with van der Waals surface area (Å²) in [5, 5.41) is 17.1. The van der Waals surface area contributed by atoms with Crippen LogP contribution in [0.2, 0.25) is 0 Å². The first-order chi connectivity index (χ1) is 17.6. The van der Waals surface area contributed by atoms with E-state index in [1.165, 1.54) is 19.9 Å². The largest absolute Gasteiger partial charge is 0.478 e. The fraction of sp³-hybridized carbons (Fsp3) is 0.259. The van der Waals surface area contributed by atoms with Crippen LogP contribution in [0.25, 0.3) is 0 Å². The quantitative estimate of drug-likeness (QED) is 0.253. The van der Waals surface area contributed by atoms with E-state index in [2.05, 4.69) is 4.74 Å². The Morgan fingerprint density at radius 1 is 0.821 bits per heavy atom. The Labute approximate surface area is 220 Å². The fourth-order valence-electron chi connectivity index (χ4n) is 2.74. The molecule has 3 aromatic rings. The first-order valence-corrected chi connectivity index (χ1v) is 10.7. The number of aliphatic hydroxyl groups is 1. The zero-order chi connectivity index (χ0) is 29.1. The third-order valence-corrected chi connectivity index (χ3v) is 4.41. The van der Waals surface area contributed by atoms with E-state index in [1.54, 1.807) is 0 Å². The summed E-state index contributed by atoms with van der Waals surface area (Å²) in [6.45, 7) is 3.07. The van der Waals surface area contributed by atoms with Gasteiger partial charge in [-0.3, -0.25) is 0 Å². The van der Waals surface area contributed by atoms with Crippen molar-refractivity contribution in [2.45, 2.75) is 40.2 Å². The van der Waals surface area contributed by atoms with E-state index in [9.17, 15) is 40.3 Å². The van der Waals surface area contributed by atoms with Gasteiger partial charge in [-0.25, -0.2) is 14.0 Å². The summed E-state index contributed by atoms with van der Waals surface area (Å²) in [5.41, 5.74) is -1.71. The predicted octanol–water partition coefficient (Wildman–Crippen LogP) is 7.55. The molecule has 0 amide bonds. The molecule has 0 bridgehead atoms. The van der Waals surface area contributed by atoms with Gasteiger partial charge in [0.15, 0.2) is 0 Å². The average molecular weight is 564 g/mol. The third kappa shape index (κ3) is 12.4. The van der Waals surface area contributed by atoms with Gasteiger partial charge in [-0.2, -0.15) is 26.3 Å². The molecule has 214 valence electrons. The number of halogens is 7. The van der Waals surface area contributed by atoms with Crippen molar-refractivity contribution in [3.63, 3.8) is 0 Å². The monoisotopic (exact) mass is 564 g/mol. The van der Waals surface area contributed by atoms with Crippen LogP contribution in [0.4, 0.5) is 30.7 Å². The summed E-state index contributed by atoms with van der Waals surface area (Å²) in [4.78, 5) is 21.6. The minimum atomic E-state index is -4.69.